The first-order chi connectivity index (χ1) is 16.0. The molecule has 0 aliphatic heterocycles. The van der Waals surface area contributed by atoms with Gasteiger partial charge in [-0.25, -0.2) is 4.39 Å². The van der Waals surface area contributed by atoms with Gasteiger partial charge in [0, 0.05) is 12.6 Å². The summed E-state index contributed by atoms with van der Waals surface area (Å²) in [5.74, 6) is -4.97. The van der Waals surface area contributed by atoms with E-state index in [0.29, 0.717) is 12.8 Å². The molecule has 2 aromatic rings. The van der Waals surface area contributed by atoms with Crippen LogP contribution in [-0.4, -0.2) is 28.6 Å². The molecule has 1 aliphatic carbocycles. The standard InChI is InChI=1S/C23H22F6N4O/c24-16-8-6-15(7-9-16)19(23(27,28)29)32-17(20(34)33-21(14-30)11-12-21)4-3-10-22(25,26)18-5-1-2-13-31-18/h1-2,5-9,13,17,19,32H,3-4,10-12H2,(H,33,34)/t17-,19-/m0/s1. The molecule has 1 heterocycles. The number of nitrogens with zero attached hydrogens (tertiary/aromatic N) is 2. The first kappa shape index (κ1) is 25.5. The van der Waals surface area contributed by atoms with E-state index in [1.165, 1.54) is 18.3 Å². The monoisotopic (exact) mass is 484 g/mol. The van der Waals surface area contributed by atoms with Crippen molar-refractivity contribution < 1.29 is 31.1 Å². The van der Waals surface area contributed by atoms with Crippen molar-refractivity contribution in [2.75, 3.05) is 0 Å². The van der Waals surface area contributed by atoms with Crippen molar-refractivity contribution in [2.24, 2.45) is 0 Å². The predicted octanol–water partition coefficient (Wildman–Crippen LogP) is 4.92. The first-order valence-corrected chi connectivity index (χ1v) is 10.6. The third kappa shape index (κ3) is 6.47. The minimum atomic E-state index is -4.86. The lowest BCUT2D eigenvalue weighted by Gasteiger charge is -2.28. The van der Waals surface area contributed by atoms with Gasteiger partial charge in [0.25, 0.3) is 5.92 Å². The molecule has 2 N–H and O–H groups in total. The van der Waals surface area contributed by atoms with Crippen LogP contribution in [0.15, 0.2) is 48.7 Å². The second-order valence-corrected chi connectivity index (χ2v) is 8.24. The summed E-state index contributed by atoms with van der Waals surface area (Å²) < 4.78 is 83.6. The minimum absolute atomic E-state index is 0.303. The molecule has 1 amide bonds. The molecule has 1 aromatic carbocycles. The quantitative estimate of drug-likeness (QED) is 0.470. The van der Waals surface area contributed by atoms with E-state index in [1.807, 2.05) is 6.07 Å². The maximum atomic E-state index is 14.5. The molecule has 0 saturated heterocycles. The molecule has 34 heavy (non-hydrogen) atoms. The number of rotatable bonds is 10. The van der Waals surface area contributed by atoms with Crippen LogP contribution in [0.4, 0.5) is 26.3 Å². The number of pyridine rings is 1. The van der Waals surface area contributed by atoms with Crippen LogP contribution in [0.3, 0.4) is 0 Å². The third-order valence-electron chi connectivity index (χ3n) is 5.56. The summed E-state index contributed by atoms with van der Waals surface area (Å²) in [5, 5.41) is 13.8. The molecule has 1 aliphatic rings. The van der Waals surface area contributed by atoms with Crippen molar-refractivity contribution >= 4 is 5.91 Å². The highest BCUT2D eigenvalue weighted by molar-refractivity contribution is 5.83. The van der Waals surface area contributed by atoms with Crippen LogP contribution in [0.5, 0.6) is 0 Å². The molecule has 1 saturated carbocycles. The number of nitrogens with one attached hydrogen (secondary N) is 2. The summed E-state index contributed by atoms with van der Waals surface area (Å²) in [6.45, 7) is 0. The van der Waals surface area contributed by atoms with Gasteiger partial charge in [-0.15, -0.1) is 0 Å². The summed E-state index contributed by atoms with van der Waals surface area (Å²) in [4.78, 5) is 16.4. The molecule has 2 atom stereocenters. The summed E-state index contributed by atoms with van der Waals surface area (Å²) >= 11 is 0. The fourth-order valence-electron chi connectivity index (χ4n) is 3.47. The van der Waals surface area contributed by atoms with E-state index in [-0.39, 0.29) is 18.4 Å². The zero-order valence-corrected chi connectivity index (χ0v) is 17.9. The topological polar surface area (TPSA) is 77.8 Å². The maximum absolute atomic E-state index is 14.5. The van der Waals surface area contributed by atoms with Gasteiger partial charge in [0.05, 0.1) is 12.1 Å². The molecule has 1 fully saturated rings. The molecule has 0 unspecified atom stereocenters. The van der Waals surface area contributed by atoms with Crippen LogP contribution in [0.2, 0.25) is 0 Å². The Hall–Kier alpha value is -3.13. The van der Waals surface area contributed by atoms with Crippen molar-refractivity contribution in [3.8, 4) is 6.07 Å². The second kappa shape index (κ2) is 10.0. The zero-order valence-electron chi connectivity index (χ0n) is 17.9. The Morgan fingerprint density at radius 1 is 1.12 bits per heavy atom. The highest BCUT2D eigenvalue weighted by Crippen LogP contribution is 2.37. The number of aromatic nitrogens is 1. The number of nitriles is 1. The Labute approximate surface area is 192 Å². The smallest absolute Gasteiger partial charge is 0.336 e. The van der Waals surface area contributed by atoms with Gasteiger partial charge in [0.2, 0.25) is 5.91 Å². The minimum Gasteiger partial charge on any atom is -0.336 e. The number of hydrogen-bond acceptors (Lipinski definition) is 4. The second-order valence-electron chi connectivity index (χ2n) is 8.24. The number of amides is 1. The summed E-state index contributed by atoms with van der Waals surface area (Å²) in [6, 6.07) is 5.61. The third-order valence-corrected chi connectivity index (χ3v) is 5.56. The van der Waals surface area contributed by atoms with E-state index in [0.717, 1.165) is 30.3 Å². The van der Waals surface area contributed by atoms with Gasteiger partial charge in [0.1, 0.15) is 23.1 Å². The molecule has 5 nitrogen and oxygen atoms in total. The van der Waals surface area contributed by atoms with Crippen molar-refractivity contribution in [3.63, 3.8) is 0 Å². The van der Waals surface area contributed by atoms with Gasteiger partial charge < -0.3 is 5.32 Å². The average Bonchev–Trinajstić information content (AvgIpc) is 3.56. The Morgan fingerprint density at radius 2 is 1.79 bits per heavy atom. The Bertz CT molecular complexity index is 1020. The van der Waals surface area contributed by atoms with Crippen LogP contribution in [-0.2, 0) is 10.7 Å². The van der Waals surface area contributed by atoms with E-state index < -0.39 is 53.6 Å². The molecule has 11 heteroatoms. The molecular weight excluding hydrogens is 462 g/mol. The molecular formula is C23H22F6N4O. The van der Waals surface area contributed by atoms with Crippen LogP contribution in [0, 0.1) is 17.1 Å². The molecule has 1 aromatic heterocycles. The number of benzene rings is 1. The Balaban J connectivity index is 1.77. The normalized spacial score (nSPS) is 16.9. The average molecular weight is 484 g/mol. The summed E-state index contributed by atoms with van der Waals surface area (Å²) in [5.41, 5.74) is -1.98. The summed E-state index contributed by atoms with van der Waals surface area (Å²) in [6.07, 6.45) is -4.37. The fraction of sp³-hybridized carbons (Fsp3) is 0.435. The number of hydrogen-bond donors (Lipinski definition) is 2. The Morgan fingerprint density at radius 3 is 2.32 bits per heavy atom. The zero-order chi connectivity index (χ0) is 25.0. The molecule has 0 radical (unpaired) electrons. The van der Waals surface area contributed by atoms with E-state index in [1.54, 1.807) is 0 Å². The SMILES string of the molecule is N#CC1(NC(=O)[C@H](CCCC(F)(F)c2ccccn2)N[C@@H](c2ccc(F)cc2)C(F)(F)F)CC1. The maximum Gasteiger partial charge on any atom is 0.407 e. The van der Waals surface area contributed by atoms with Crippen LogP contribution >= 0.6 is 0 Å². The van der Waals surface area contributed by atoms with Gasteiger partial charge in [-0.1, -0.05) is 18.2 Å². The summed E-state index contributed by atoms with van der Waals surface area (Å²) in [7, 11) is 0. The van der Waals surface area contributed by atoms with Crippen LogP contribution < -0.4 is 10.6 Å². The van der Waals surface area contributed by atoms with E-state index >= 15 is 0 Å². The van der Waals surface area contributed by atoms with Crippen LogP contribution in [0.25, 0.3) is 0 Å². The number of alkyl halides is 5. The Kier molecular flexibility index (Phi) is 7.51. The number of carbonyl (C=O) groups excluding carboxylic acids is 1. The van der Waals surface area contributed by atoms with Crippen molar-refractivity contribution in [1.29, 1.82) is 5.26 Å². The molecule has 0 spiro atoms. The van der Waals surface area contributed by atoms with Crippen LogP contribution in [0.1, 0.15) is 49.4 Å². The van der Waals surface area contributed by atoms with E-state index in [9.17, 15) is 36.4 Å². The molecule has 182 valence electrons. The lowest BCUT2D eigenvalue weighted by Crippen LogP contribution is -2.51. The molecule has 0 bridgehead atoms. The largest absolute Gasteiger partial charge is 0.407 e. The van der Waals surface area contributed by atoms with Crippen molar-refractivity contribution in [1.82, 2.24) is 15.6 Å². The van der Waals surface area contributed by atoms with E-state index in [2.05, 4.69) is 15.6 Å². The van der Waals surface area contributed by atoms with Gasteiger partial charge in [-0.3, -0.25) is 15.1 Å². The highest BCUT2D eigenvalue weighted by atomic mass is 19.4. The van der Waals surface area contributed by atoms with E-state index in [4.69, 9.17) is 0 Å². The highest BCUT2D eigenvalue weighted by Gasteiger charge is 2.47. The van der Waals surface area contributed by atoms with Crippen molar-refractivity contribution in [2.45, 2.75) is 61.8 Å². The van der Waals surface area contributed by atoms with Gasteiger partial charge in [-0.2, -0.15) is 27.2 Å². The van der Waals surface area contributed by atoms with Gasteiger partial charge >= 0.3 is 6.18 Å². The number of halogens is 6. The van der Waals surface area contributed by atoms with Crippen molar-refractivity contribution in [3.05, 3.63) is 65.7 Å². The lowest BCUT2D eigenvalue weighted by molar-refractivity contribution is -0.161. The van der Waals surface area contributed by atoms with Gasteiger partial charge in [0.15, 0.2) is 0 Å². The number of carbonyl (C=O) groups is 1. The van der Waals surface area contributed by atoms with Gasteiger partial charge in [-0.05, 0) is 55.5 Å². The lowest BCUT2D eigenvalue weighted by atomic mass is 10.00. The predicted molar refractivity (Wildman–Crippen MR) is 110 cm³/mol. The first-order valence-electron chi connectivity index (χ1n) is 10.6. The fourth-order valence-corrected chi connectivity index (χ4v) is 3.47. The molecule has 3 rings (SSSR count).